The quantitative estimate of drug-likeness (QED) is 0.472. The van der Waals surface area contributed by atoms with E-state index in [2.05, 4.69) is 10.3 Å². The second-order valence-corrected chi connectivity index (χ2v) is 6.87. The number of nitrogens with one attached hydrogen (secondary N) is 1. The van der Waals surface area contributed by atoms with Gasteiger partial charge in [0.15, 0.2) is 0 Å². The third-order valence-corrected chi connectivity index (χ3v) is 4.73. The van der Waals surface area contributed by atoms with E-state index in [0.717, 1.165) is 22.7 Å². The maximum atomic E-state index is 12.4. The van der Waals surface area contributed by atoms with Crippen LogP contribution < -0.4 is 14.8 Å². The Morgan fingerprint density at radius 2 is 1.93 bits per heavy atom. The van der Waals surface area contributed by atoms with E-state index in [1.807, 2.05) is 83.5 Å². The number of ether oxygens (including phenoxy) is 2. The standard InChI is InChI=1S/C24H23N3O3/c1-29-22-10-3-2-7-18(22)12-13-24(28)26-19-8-6-9-21(15-19)30-17-20-16-27-14-5-4-11-23(27)25-20/h2-11,14-16H,12-13,17H2,1H3,(H,26,28). The monoisotopic (exact) mass is 401 g/mol. The average Bonchev–Trinajstić information content (AvgIpc) is 3.20. The van der Waals surface area contributed by atoms with E-state index in [-0.39, 0.29) is 5.91 Å². The number of fused-ring (bicyclic) bond motifs is 1. The molecule has 30 heavy (non-hydrogen) atoms. The first kappa shape index (κ1) is 19.5. The summed E-state index contributed by atoms with van der Waals surface area (Å²) < 4.78 is 13.2. The van der Waals surface area contributed by atoms with Gasteiger partial charge < -0.3 is 19.2 Å². The van der Waals surface area contributed by atoms with Gasteiger partial charge in [-0.3, -0.25) is 4.79 Å². The number of rotatable bonds is 8. The van der Waals surface area contributed by atoms with Gasteiger partial charge in [-0.25, -0.2) is 4.98 Å². The number of para-hydroxylation sites is 1. The molecule has 2 heterocycles. The van der Waals surface area contributed by atoms with Crippen LogP contribution in [0, 0.1) is 0 Å². The molecule has 4 rings (SSSR count). The average molecular weight is 401 g/mol. The number of carbonyl (C=O) groups is 1. The van der Waals surface area contributed by atoms with Gasteiger partial charge in [-0.1, -0.05) is 30.3 Å². The lowest BCUT2D eigenvalue weighted by molar-refractivity contribution is -0.116. The summed E-state index contributed by atoms with van der Waals surface area (Å²) in [6.45, 7) is 0.354. The summed E-state index contributed by atoms with van der Waals surface area (Å²) in [5.41, 5.74) is 3.44. The van der Waals surface area contributed by atoms with Crippen LogP contribution in [0.1, 0.15) is 17.7 Å². The van der Waals surface area contributed by atoms with E-state index in [9.17, 15) is 4.79 Å². The molecule has 0 aliphatic carbocycles. The zero-order chi connectivity index (χ0) is 20.8. The molecule has 0 radical (unpaired) electrons. The molecule has 0 aliphatic rings. The first-order valence-corrected chi connectivity index (χ1v) is 9.78. The number of aryl methyl sites for hydroxylation is 1. The number of hydrogen-bond acceptors (Lipinski definition) is 4. The minimum absolute atomic E-state index is 0.0570. The Kier molecular flexibility index (Phi) is 5.94. The number of amides is 1. The molecule has 1 N–H and O–H groups in total. The van der Waals surface area contributed by atoms with Gasteiger partial charge in [0.2, 0.25) is 5.91 Å². The number of nitrogens with zero attached hydrogens (tertiary/aromatic N) is 2. The van der Waals surface area contributed by atoms with Crippen molar-refractivity contribution in [3.05, 3.63) is 90.4 Å². The van der Waals surface area contributed by atoms with Gasteiger partial charge >= 0.3 is 0 Å². The Bertz CT molecular complexity index is 1120. The summed E-state index contributed by atoms with van der Waals surface area (Å²) in [6.07, 6.45) is 4.87. The molecule has 152 valence electrons. The SMILES string of the molecule is COc1ccccc1CCC(=O)Nc1cccc(OCc2cn3ccccc3n2)c1. The van der Waals surface area contributed by atoms with Crippen molar-refractivity contribution in [1.82, 2.24) is 9.38 Å². The number of pyridine rings is 1. The first-order chi connectivity index (χ1) is 14.7. The molecule has 6 nitrogen and oxygen atoms in total. The van der Waals surface area contributed by atoms with Crippen molar-refractivity contribution < 1.29 is 14.3 Å². The molecule has 0 unspecified atom stereocenters. The van der Waals surface area contributed by atoms with Crippen molar-refractivity contribution in [2.24, 2.45) is 0 Å². The molecule has 2 aromatic heterocycles. The fourth-order valence-electron chi connectivity index (χ4n) is 3.26. The van der Waals surface area contributed by atoms with Crippen molar-refractivity contribution in [1.29, 1.82) is 0 Å². The molecular formula is C24H23N3O3. The largest absolute Gasteiger partial charge is 0.496 e. The molecule has 0 fully saturated rings. The molecule has 0 saturated heterocycles. The zero-order valence-corrected chi connectivity index (χ0v) is 16.7. The molecule has 0 saturated carbocycles. The number of hydrogen-bond donors (Lipinski definition) is 1. The van der Waals surface area contributed by atoms with Crippen molar-refractivity contribution >= 4 is 17.2 Å². The highest BCUT2D eigenvalue weighted by molar-refractivity contribution is 5.91. The number of aromatic nitrogens is 2. The van der Waals surface area contributed by atoms with E-state index in [4.69, 9.17) is 9.47 Å². The minimum atomic E-state index is -0.0570. The number of anilines is 1. The normalized spacial score (nSPS) is 10.7. The fraction of sp³-hybridized carbons (Fsp3) is 0.167. The van der Waals surface area contributed by atoms with Crippen LogP contribution in [0.15, 0.2) is 79.1 Å². The van der Waals surface area contributed by atoms with Gasteiger partial charge in [0.25, 0.3) is 0 Å². The minimum Gasteiger partial charge on any atom is -0.496 e. The Labute approximate surface area is 175 Å². The van der Waals surface area contributed by atoms with Crippen LogP contribution in [0.25, 0.3) is 5.65 Å². The molecule has 6 heteroatoms. The topological polar surface area (TPSA) is 64.9 Å². The lowest BCUT2D eigenvalue weighted by Gasteiger charge is -2.10. The van der Waals surface area contributed by atoms with Gasteiger partial charge in [0, 0.05) is 30.6 Å². The Balaban J connectivity index is 1.33. The zero-order valence-electron chi connectivity index (χ0n) is 16.7. The van der Waals surface area contributed by atoms with Crippen molar-refractivity contribution in [2.75, 3.05) is 12.4 Å². The third kappa shape index (κ3) is 4.78. The van der Waals surface area contributed by atoms with Crippen LogP contribution in [0.3, 0.4) is 0 Å². The Morgan fingerprint density at radius 1 is 1.07 bits per heavy atom. The van der Waals surface area contributed by atoms with Gasteiger partial charge in [-0.15, -0.1) is 0 Å². The molecule has 1 amide bonds. The van der Waals surface area contributed by atoms with Crippen molar-refractivity contribution in [2.45, 2.75) is 19.4 Å². The predicted octanol–water partition coefficient (Wildman–Crippen LogP) is 4.49. The lowest BCUT2D eigenvalue weighted by atomic mass is 10.1. The molecule has 4 aromatic rings. The van der Waals surface area contributed by atoms with Crippen LogP contribution in [-0.2, 0) is 17.8 Å². The highest BCUT2D eigenvalue weighted by atomic mass is 16.5. The number of imidazole rings is 1. The van der Waals surface area contributed by atoms with Crippen molar-refractivity contribution in [3.63, 3.8) is 0 Å². The van der Waals surface area contributed by atoms with Gasteiger partial charge in [0.1, 0.15) is 23.8 Å². The molecule has 0 bridgehead atoms. The second-order valence-electron chi connectivity index (χ2n) is 6.87. The van der Waals surface area contributed by atoms with E-state index < -0.39 is 0 Å². The summed E-state index contributed by atoms with van der Waals surface area (Å²) >= 11 is 0. The van der Waals surface area contributed by atoms with E-state index in [1.165, 1.54) is 0 Å². The van der Waals surface area contributed by atoms with E-state index in [1.54, 1.807) is 7.11 Å². The summed E-state index contributed by atoms with van der Waals surface area (Å²) in [4.78, 5) is 16.9. The maximum absolute atomic E-state index is 12.4. The highest BCUT2D eigenvalue weighted by Gasteiger charge is 2.08. The fourth-order valence-corrected chi connectivity index (χ4v) is 3.26. The molecular weight excluding hydrogens is 378 g/mol. The number of carbonyl (C=O) groups excluding carboxylic acids is 1. The summed E-state index contributed by atoms with van der Waals surface area (Å²) in [5, 5.41) is 2.93. The van der Waals surface area contributed by atoms with Gasteiger partial charge in [-0.2, -0.15) is 0 Å². The van der Waals surface area contributed by atoms with Crippen LogP contribution in [0.2, 0.25) is 0 Å². The highest BCUT2D eigenvalue weighted by Crippen LogP contribution is 2.21. The first-order valence-electron chi connectivity index (χ1n) is 9.78. The summed E-state index contributed by atoms with van der Waals surface area (Å²) in [6, 6.07) is 21.0. The van der Waals surface area contributed by atoms with Crippen molar-refractivity contribution in [3.8, 4) is 11.5 Å². The Hall–Kier alpha value is -3.80. The van der Waals surface area contributed by atoms with Gasteiger partial charge in [-0.05, 0) is 42.3 Å². The molecule has 2 aromatic carbocycles. The predicted molar refractivity (Wildman–Crippen MR) is 116 cm³/mol. The van der Waals surface area contributed by atoms with E-state index >= 15 is 0 Å². The lowest BCUT2D eigenvalue weighted by Crippen LogP contribution is -2.12. The van der Waals surface area contributed by atoms with E-state index in [0.29, 0.717) is 30.9 Å². The smallest absolute Gasteiger partial charge is 0.224 e. The van der Waals surface area contributed by atoms with Gasteiger partial charge in [0.05, 0.1) is 12.8 Å². The number of methoxy groups -OCH3 is 1. The van der Waals surface area contributed by atoms with Crippen LogP contribution in [0.5, 0.6) is 11.5 Å². The second kappa shape index (κ2) is 9.13. The van der Waals surface area contributed by atoms with Crippen LogP contribution in [0.4, 0.5) is 5.69 Å². The summed E-state index contributed by atoms with van der Waals surface area (Å²) in [5.74, 6) is 1.42. The molecule has 0 spiro atoms. The molecule has 0 aliphatic heterocycles. The Morgan fingerprint density at radius 3 is 2.80 bits per heavy atom. The third-order valence-electron chi connectivity index (χ3n) is 4.73. The van der Waals surface area contributed by atoms with Crippen LogP contribution in [-0.4, -0.2) is 22.4 Å². The number of benzene rings is 2. The summed E-state index contributed by atoms with van der Waals surface area (Å²) in [7, 11) is 1.64. The molecule has 0 atom stereocenters. The maximum Gasteiger partial charge on any atom is 0.224 e. The van der Waals surface area contributed by atoms with Crippen LogP contribution >= 0.6 is 0 Å².